The number of esters is 1. The van der Waals surface area contributed by atoms with E-state index in [2.05, 4.69) is 12.2 Å². The predicted molar refractivity (Wildman–Crippen MR) is 94.7 cm³/mol. The first kappa shape index (κ1) is 16.1. The molecule has 2 aromatic rings. The van der Waals surface area contributed by atoms with Crippen LogP contribution in [0.25, 0.3) is 16.8 Å². The number of anilines is 1. The smallest absolute Gasteiger partial charge is 0.355 e. The third kappa shape index (κ3) is 2.98. The largest absolute Gasteiger partial charge is 0.460 e. The van der Waals surface area contributed by atoms with Crippen LogP contribution >= 0.6 is 0 Å². The van der Waals surface area contributed by atoms with Crippen molar-refractivity contribution in [1.29, 1.82) is 0 Å². The first-order valence-corrected chi connectivity index (χ1v) is 7.83. The summed E-state index contributed by atoms with van der Waals surface area (Å²) in [4.78, 5) is 23.9. The van der Waals surface area contributed by atoms with Crippen molar-refractivity contribution >= 4 is 34.3 Å². The van der Waals surface area contributed by atoms with Crippen LogP contribution in [0.3, 0.4) is 0 Å². The van der Waals surface area contributed by atoms with Gasteiger partial charge in [0.05, 0.1) is 12.5 Å². The Morgan fingerprint density at radius 2 is 2.08 bits per heavy atom. The van der Waals surface area contributed by atoms with Gasteiger partial charge in [0.2, 0.25) is 5.92 Å². The summed E-state index contributed by atoms with van der Waals surface area (Å²) in [5.41, 5.74) is 7.80. The lowest BCUT2D eigenvalue weighted by molar-refractivity contribution is -0.146. The third-order valence-corrected chi connectivity index (χ3v) is 4.02. The highest BCUT2D eigenvalue weighted by molar-refractivity contribution is 6.23. The van der Waals surface area contributed by atoms with E-state index in [-0.39, 0.29) is 18.9 Å². The molecule has 1 unspecified atom stereocenters. The zero-order valence-electron chi connectivity index (χ0n) is 13.2. The molecule has 1 aliphatic carbocycles. The van der Waals surface area contributed by atoms with Crippen molar-refractivity contribution in [2.45, 2.75) is 0 Å². The highest BCUT2D eigenvalue weighted by Crippen LogP contribution is 2.33. The molecule has 0 spiro atoms. The summed E-state index contributed by atoms with van der Waals surface area (Å²) in [6.45, 7) is 4.36. The maximum Gasteiger partial charge on any atom is 0.355 e. The van der Waals surface area contributed by atoms with E-state index in [0.29, 0.717) is 12.1 Å². The van der Waals surface area contributed by atoms with Gasteiger partial charge in [-0.25, -0.2) is 4.79 Å². The molecule has 0 radical (unpaired) electrons. The van der Waals surface area contributed by atoms with E-state index in [1.54, 1.807) is 6.08 Å². The minimum Gasteiger partial charge on any atom is -0.460 e. The summed E-state index contributed by atoms with van der Waals surface area (Å²) < 4.78 is 5.10. The van der Waals surface area contributed by atoms with Gasteiger partial charge in [-0.15, -0.1) is 0 Å². The van der Waals surface area contributed by atoms with Gasteiger partial charge in [-0.1, -0.05) is 30.3 Å². The fourth-order valence-electron chi connectivity index (χ4n) is 2.75. The molecule has 2 aromatic carbocycles. The summed E-state index contributed by atoms with van der Waals surface area (Å²) >= 11 is 0. The van der Waals surface area contributed by atoms with Gasteiger partial charge in [0.1, 0.15) is 6.61 Å². The van der Waals surface area contributed by atoms with Crippen molar-refractivity contribution in [3.05, 3.63) is 54.5 Å². The molecule has 5 nitrogen and oxygen atoms in total. The van der Waals surface area contributed by atoms with Crippen LogP contribution in [0, 0.1) is 12.8 Å². The lowest BCUT2D eigenvalue weighted by Crippen LogP contribution is -2.25. The van der Waals surface area contributed by atoms with Crippen LogP contribution in [0.2, 0.25) is 0 Å². The van der Waals surface area contributed by atoms with Crippen LogP contribution in [-0.4, -0.2) is 31.4 Å². The minimum absolute atomic E-state index is 0.0280. The van der Waals surface area contributed by atoms with E-state index in [0.717, 1.165) is 22.0 Å². The van der Waals surface area contributed by atoms with E-state index < -0.39 is 11.9 Å². The average Bonchev–Trinajstić information content (AvgIpc) is 2.61. The standard InChI is InChI=1S/C19H18N2O3/c1-12(11-20)19(23)24-10-9-21-15-7-5-13-3-2-4-14-6-8-16(22)18(15)17(13)14/h2-8,12H,1,9-11,20H2/p+1. The first-order chi connectivity index (χ1) is 11.6. The SMILES string of the molecule is [CH2+]C(CN)C(=O)OCCNc1ccc2cccc3c2c1C(=O)C=C3. The quantitative estimate of drug-likeness (QED) is 0.485. The van der Waals surface area contributed by atoms with Crippen molar-refractivity contribution in [2.24, 2.45) is 11.7 Å². The Balaban J connectivity index is 1.75. The molecule has 0 fully saturated rings. The highest BCUT2D eigenvalue weighted by Gasteiger charge is 2.20. The summed E-state index contributed by atoms with van der Waals surface area (Å²) in [5.74, 6) is -0.999. The Hall–Kier alpha value is -2.79. The van der Waals surface area contributed by atoms with Gasteiger partial charge in [-0.05, 0) is 23.1 Å². The van der Waals surface area contributed by atoms with Crippen LogP contribution in [-0.2, 0) is 9.53 Å². The summed E-state index contributed by atoms with van der Waals surface area (Å²) in [6, 6.07) is 9.80. The number of carbonyl (C=O) groups is 2. The second kappa shape index (κ2) is 6.76. The van der Waals surface area contributed by atoms with Gasteiger partial charge in [0.25, 0.3) is 0 Å². The Morgan fingerprint density at radius 1 is 1.25 bits per heavy atom. The van der Waals surface area contributed by atoms with E-state index in [1.807, 2.05) is 36.4 Å². The molecule has 0 aliphatic heterocycles. The normalized spacial score (nSPS) is 13.8. The summed E-state index contributed by atoms with van der Waals surface area (Å²) in [6.07, 6.45) is 3.42. The summed E-state index contributed by atoms with van der Waals surface area (Å²) in [7, 11) is 0. The fourth-order valence-corrected chi connectivity index (χ4v) is 2.75. The molecule has 0 aromatic heterocycles. The molecule has 5 heteroatoms. The number of rotatable bonds is 6. The number of hydrogen-bond donors (Lipinski definition) is 2. The number of nitrogens with one attached hydrogen (secondary N) is 1. The zero-order valence-corrected chi connectivity index (χ0v) is 13.2. The Bertz CT molecular complexity index is 827. The zero-order chi connectivity index (χ0) is 17.1. The van der Waals surface area contributed by atoms with Crippen molar-refractivity contribution < 1.29 is 14.3 Å². The van der Waals surface area contributed by atoms with Gasteiger partial charge in [-0.2, -0.15) is 0 Å². The molecule has 122 valence electrons. The Morgan fingerprint density at radius 3 is 2.88 bits per heavy atom. The van der Waals surface area contributed by atoms with Gasteiger partial charge < -0.3 is 15.8 Å². The number of carbonyl (C=O) groups excluding carboxylic acids is 2. The van der Waals surface area contributed by atoms with Crippen molar-refractivity contribution in [1.82, 2.24) is 0 Å². The number of allylic oxidation sites excluding steroid dienone is 1. The van der Waals surface area contributed by atoms with Gasteiger partial charge in [0, 0.05) is 24.2 Å². The van der Waals surface area contributed by atoms with Crippen LogP contribution in [0.1, 0.15) is 15.9 Å². The number of benzene rings is 2. The minimum atomic E-state index is -0.555. The summed E-state index contributed by atoms with van der Waals surface area (Å²) in [5, 5.41) is 5.16. The Labute approximate surface area is 140 Å². The van der Waals surface area contributed by atoms with E-state index in [4.69, 9.17) is 10.5 Å². The molecule has 1 atom stereocenters. The van der Waals surface area contributed by atoms with Gasteiger partial charge in [0.15, 0.2) is 5.78 Å². The molecule has 3 rings (SSSR count). The third-order valence-electron chi connectivity index (χ3n) is 4.02. The molecular weight excluding hydrogens is 304 g/mol. The second-order valence-corrected chi connectivity index (χ2v) is 5.66. The molecule has 24 heavy (non-hydrogen) atoms. The molecule has 0 bridgehead atoms. The van der Waals surface area contributed by atoms with Crippen LogP contribution in [0.4, 0.5) is 5.69 Å². The molecular formula is C19H19N2O3+. The number of ketones is 1. The van der Waals surface area contributed by atoms with Crippen molar-refractivity contribution in [2.75, 3.05) is 25.0 Å². The molecule has 1 aliphatic rings. The van der Waals surface area contributed by atoms with E-state index in [1.165, 1.54) is 0 Å². The molecule has 0 heterocycles. The monoisotopic (exact) mass is 323 g/mol. The topological polar surface area (TPSA) is 81.4 Å². The van der Waals surface area contributed by atoms with Crippen molar-refractivity contribution in [3.8, 4) is 0 Å². The molecule has 0 amide bonds. The number of hydrogen-bond acceptors (Lipinski definition) is 5. The van der Waals surface area contributed by atoms with Crippen LogP contribution < -0.4 is 11.1 Å². The fraction of sp³-hybridized carbons (Fsp3) is 0.211. The maximum absolute atomic E-state index is 12.3. The van der Waals surface area contributed by atoms with Crippen LogP contribution in [0.5, 0.6) is 0 Å². The van der Waals surface area contributed by atoms with Crippen LogP contribution in [0.15, 0.2) is 36.4 Å². The average molecular weight is 323 g/mol. The molecule has 3 N–H and O–H groups in total. The van der Waals surface area contributed by atoms with Crippen molar-refractivity contribution in [3.63, 3.8) is 0 Å². The van der Waals surface area contributed by atoms with E-state index >= 15 is 0 Å². The van der Waals surface area contributed by atoms with E-state index in [9.17, 15) is 9.59 Å². The molecule has 0 saturated heterocycles. The van der Waals surface area contributed by atoms with Gasteiger partial charge >= 0.3 is 5.97 Å². The highest BCUT2D eigenvalue weighted by atomic mass is 16.5. The second-order valence-electron chi connectivity index (χ2n) is 5.66. The Kier molecular flexibility index (Phi) is 4.53. The molecule has 0 saturated carbocycles. The number of ether oxygens (including phenoxy) is 1. The number of nitrogens with two attached hydrogens (primary N) is 1. The lowest BCUT2D eigenvalue weighted by Gasteiger charge is -2.17. The maximum atomic E-state index is 12.3. The first-order valence-electron chi connectivity index (χ1n) is 7.83. The van der Waals surface area contributed by atoms with Gasteiger partial charge in [-0.3, -0.25) is 4.79 Å². The predicted octanol–water partition coefficient (Wildman–Crippen LogP) is 2.41. The lowest BCUT2D eigenvalue weighted by atomic mass is 9.91.